The zero-order valence-electron chi connectivity index (χ0n) is 16.9. The standard InChI is InChI=1S/C23H23N3O2S/c1-14-15(2)29-23-21(14)22(24-18-13-17(27-3)10-11-19(18)28-4)25-20(26-23)12-16-8-6-5-7-9-16/h5-11,13H,12H2,1-4H3,(H,24,25,26). The number of hydrogen-bond donors (Lipinski definition) is 1. The van der Waals surface area contributed by atoms with Crippen molar-refractivity contribution < 1.29 is 9.47 Å². The number of aromatic nitrogens is 2. The van der Waals surface area contributed by atoms with Crippen molar-refractivity contribution in [2.24, 2.45) is 0 Å². The minimum atomic E-state index is 0.677. The van der Waals surface area contributed by atoms with Crippen LogP contribution in [0.4, 0.5) is 11.5 Å². The van der Waals surface area contributed by atoms with E-state index in [2.05, 4.69) is 31.3 Å². The maximum absolute atomic E-state index is 5.53. The van der Waals surface area contributed by atoms with Gasteiger partial charge < -0.3 is 14.8 Å². The van der Waals surface area contributed by atoms with Gasteiger partial charge in [0.05, 0.1) is 25.3 Å². The Morgan fingerprint density at radius 1 is 0.966 bits per heavy atom. The average Bonchev–Trinajstić information content (AvgIpc) is 3.02. The molecule has 4 rings (SSSR count). The molecule has 0 bridgehead atoms. The monoisotopic (exact) mass is 405 g/mol. The van der Waals surface area contributed by atoms with Gasteiger partial charge in [0.25, 0.3) is 0 Å². The fourth-order valence-electron chi connectivity index (χ4n) is 3.28. The molecule has 0 unspecified atom stereocenters. The van der Waals surface area contributed by atoms with Crippen molar-refractivity contribution in [2.75, 3.05) is 19.5 Å². The van der Waals surface area contributed by atoms with Crippen LogP contribution in [0.2, 0.25) is 0 Å². The van der Waals surface area contributed by atoms with Gasteiger partial charge in [0.1, 0.15) is 28.0 Å². The van der Waals surface area contributed by atoms with E-state index in [1.807, 2.05) is 36.4 Å². The Kier molecular flexibility index (Phi) is 5.36. The summed E-state index contributed by atoms with van der Waals surface area (Å²) in [4.78, 5) is 12.0. The Bertz CT molecular complexity index is 1160. The molecule has 4 aromatic rings. The molecular formula is C23H23N3O2S. The molecule has 2 aromatic heterocycles. The highest BCUT2D eigenvalue weighted by Gasteiger charge is 2.17. The summed E-state index contributed by atoms with van der Waals surface area (Å²) in [5, 5.41) is 4.52. The minimum Gasteiger partial charge on any atom is -0.497 e. The van der Waals surface area contributed by atoms with Crippen molar-refractivity contribution in [1.29, 1.82) is 0 Å². The van der Waals surface area contributed by atoms with Crippen LogP contribution in [-0.2, 0) is 6.42 Å². The molecule has 0 saturated heterocycles. The van der Waals surface area contributed by atoms with Gasteiger partial charge in [-0.25, -0.2) is 9.97 Å². The van der Waals surface area contributed by atoms with Gasteiger partial charge in [-0.15, -0.1) is 11.3 Å². The molecule has 5 nitrogen and oxygen atoms in total. The first kappa shape index (κ1) is 19.2. The first-order valence-electron chi connectivity index (χ1n) is 9.38. The summed E-state index contributed by atoms with van der Waals surface area (Å²) in [6, 6.07) is 15.9. The molecule has 0 amide bonds. The lowest BCUT2D eigenvalue weighted by Gasteiger charge is -2.14. The number of aryl methyl sites for hydroxylation is 2. The molecule has 2 heterocycles. The number of thiophene rings is 1. The number of hydrogen-bond acceptors (Lipinski definition) is 6. The van der Waals surface area contributed by atoms with E-state index in [0.717, 1.165) is 39.0 Å². The zero-order valence-corrected chi connectivity index (χ0v) is 17.8. The van der Waals surface area contributed by atoms with Gasteiger partial charge in [0.2, 0.25) is 0 Å². The van der Waals surface area contributed by atoms with Crippen LogP contribution in [-0.4, -0.2) is 24.2 Å². The third kappa shape index (κ3) is 3.89. The number of methoxy groups -OCH3 is 2. The van der Waals surface area contributed by atoms with Crippen molar-refractivity contribution >= 4 is 33.1 Å². The number of ether oxygens (including phenoxy) is 2. The van der Waals surface area contributed by atoms with Crippen LogP contribution < -0.4 is 14.8 Å². The molecule has 148 valence electrons. The van der Waals surface area contributed by atoms with Crippen molar-refractivity contribution in [2.45, 2.75) is 20.3 Å². The van der Waals surface area contributed by atoms with E-state index in [9.17, 15) is 0 Å². The van der Waals surface area contributed by atoms with Gasteiger partial charge in [-0.05, 0) is 37.1 Å². The van der Waals surface area contributed by atoms with E-state index in [-0.39, 0.29) is 0 Å². The molecule has 0 aliphatic rings. The van der Waals surface area contributed by atoms with Gasteiger partial charge in [-0.2, -0.15) is 0 Å². The molecule has 0 saturated carbocycles. The van der Waals surface area contributed by atoms with Crippen LogP contribution in [0.3, 0.4) is 0 Å². The SMILES string of the molecule is COc1ccc(OC)c(Nc2nc(Cc3ccccc3)nc3sc(C)c(C)c23)c1. The first-order valence-corrected chi connectivity index (χ1v) is 10.2. The molecule has 0 fully saturated rings. The van der Waals surface area contributed by atoms with E-state index < -0.39 is 0 Å². The number of nitrogens with zero attached hydrogens (tertiary/aromatic N) is 2. The quantitative estimate of drug-likeness (QED) is 0.449. The third-order valence-corrected chi connectivity index (χ3v) is 6.04. The summed E-state index contributed by atoms with van der Waals surface area (Å²) < 4.78 is 10.9. The second-order valence-corrected chi connectivity index (χ2v) is 8.01. The van der Waals surface area contributed by atoms with Crippen LogP contribution in [0.25, 0.3) is 10.2 Å². The lowest BCUT2D eigenvalue weighted by molar-refractivity contribution is 0.405. The number of anilines is 2. The Morgan fingerprint density at radius 3 is 2.48 bits per heavy atom. The summed E-state index contributed by atoms with van der Waals surface area (Å²) in [6.07, 6.45) is 0.677. The molecule has 0 aliphatic heterocycles. The molecule has 0 atom stereocenters. The van der Waals surface area contributed by atoms with Crippen LogP contribution in [0, 0.1) is 13.8 Å². The van der Waals surface area contributed by atoms with Gasteiger partial charge >= 0.3 is 0 Å². The number of nitrogens with one attached hydrogen (secondary N) is 1. The topological polar surface area (TPSA) is 56.3 Å². The molecule has 6 heteroatoms. The molecule has 0 radical (unpaired) electrons. The van der Waals surface area contributed by atoms with Crippen molar-refractivity contribution in [3.8, 4) is 11.5 Å². The lowest BCUT2D eigenvalue weighted by Crippen LogP contribution is -2.03. The Balaban J connectivity index is 1.82. The maximum Gasteiger partial charge on any atom is 0.143 e. The largest absolute Gasteiger partial charge is 0.497 e. The highest BCUT2D eigenvalue weighted by atomic mass is 32.1. The second kappa shape index (κ2) is 8.09. The molecule has 1 N–H and O–H groups in total. The maximum atomic E-state index is 5.53. The number of fused-ring (bicyclic) bond motifs is 1. The summed E-state index contributed by atoms with van der Waals surface area (Å²) in [7, 11) is 3.31. The summed E-state index contributed by atoms with van der Waals surface area (Å²) in [5.41, 5.74) is 3.18. The van der Waals surface area contributed by atoms with Crippen molar-refractivity contribution in [3.05, 3.63) is 70.4 Å². The van der Waals surface area contributed by atoms with Crippen LogP contribution in [0.5, 0.6) is 11.5 Å². The smallest absolute Gasteiger partial charge is 0.143 e. The first-order chi connectivity index (χ1) is 14.1. The molecule has 29 heavy (non-hydrogen) atoms. The van der Waals surface area contributed by atoms with Crippen molar-refractivity contribution in [1.82, 2.24) is 9.97 Å². The predicted octanol–water partition coefficient (Wildman–Crippen LogP) is 5.66. The minimum absolute atomic E-state index is 0.677. The molecular weight excluding hydrogens is 382 g/mol. The van der Waals surface area contributed by atoms with E-state index in [4.69, 9.17) is 19.4 Å². The van der Waals surface area contributed by atoms with Crippen molar-refractivity contribution in [3.63, 3.8) is 0 Å². The van der Waals surface area contributed by atoms with Gasteiger partial charge in [0.15, 0.2) is 0 Å². The Morgan fingerprint density at radius 2 is 1.76 bits per heavy atom. The Hall–Kier alpha value is -3.12. The van der Waals surface area contributed by atoms with Crippen LogP contribution in [0.15, 0.2) is 48.5 Å². The van der Waals surface area contributed by atoms with Gasteiger partial charge in [0, 0.05) is 17.4 Å². The third-order valence-electron chi connectivity index (χ3n) is 4.94. The average molecular weight is 406 g/mol. The normalized spacial score (nSPS) is 10.9. The molecule has 0 aliphatic carbocycles. The highest BCUT2D eigenvalue weighted by molar-refractivity contribution is 7.18. The molecule has 0 spiro atoms. The van der Waals surface area contributed by atoms with Gasteiger partial charge in [-0.1, -0.05) is 30.3 Å². The van der Waals surface area contributed by atoms with Gasteiger partial charge in [-0.3, -0.25) is 0 Å². The summed E-state index contributed by atoms with van der Waals surface area (Å²) in [5.74, 6) is 3.05. The Labute approximate surface area is 174 Å². The number of rotatable bonds is 6. The highest BCUT2D eigenvalue weighted by Crippen LogP contribution is 2.37. The van der Waals surface area contributed by atoms with E-state index in [0.29, 0.717) is 6.42 Å². The summed E-state index contributed by atoms with van der Waals surface area (Å²) in [6.45, 7) is 4.23. The van der Waals surface area contributed by atoms with Crippen LogP contribution >= 0.6 is 11.3 Å². The van der Waals surface area contributed by atoms with E-state index in [1.54, 1.807) is 25.6 Å². The number of benzene rings is 2. The molecule has 2 aromatic carbocycles. The lowest BCUT2D eigenvalue weighted by atomic mass is 10.1. The zero-order chi connectivity index (χ0) is 20.4. The van der Waals surface area contributed by atoms with Crippen LogP contribution in [0.1, 0.15) is 21.8 Å². The second-order valence-electron chi connectivity index (χ2n) is 6.81. The predicted molar refractivity (Wildman–Crippen MR) is 119 cm³/mol. The fraction of sp³-hybridized carbons (Fsp3) is 0.217. The summed E-state index contributed by atoms with van der Waals surface area (Å²) >= 11 is 1.70. The fourth-order valence-corrected chi connectivity index (χ4v) is 4.33. The van der Waals surface area contributed by atoms with E-state index in [1.165, 1.54) is 16.0 Å². The van der Waals surface area contributed by atoms with E-state index >= 15 is 0 Å².